The Balaban J connectivity index is 2.59. The maximum Gasteiger partial charge on any atom is 0.473 e. The molecule has 1 rings (SSSR count). The van der Waals surface area contributed by atoms with E-state index in [9.17, 15) is 18.0 Å². The Morgan fingerprint density at radius 3 is 2.50 bits per heavy atom. The molecule has 0 radical (unpaired) electrons. The summed E-state index contributed by atoms with van der Waals surface area (Å²) in [5, 5.41) is 0.292. The lowest BCUT2D eigenvalue weighted by Gasteiger charge is -2.23. The van der Waals surface area contributed by atoms with Gasteiger partial charge >= 0.3 is 12.1 Å². The Kier molecular flexibility index (Phi) is 2.37. The Hall–Kier alpha value is -1.04. The van der Waals surface area contributed by atoms with E-state index in [1.165, 1.54) is 6.08 Å². The van der Waals surface area contributed by atoms with Crippen molar-refractivity contribution in [2.24, 2.45) is 0 Å². The molecule has 68 valence electrons. The molecular formula is C6H6F3NO2. The lowest BCUT2D eigenvalue weighted by atomic mass is 10.4. The molecule has 0 N–H and O–H groups in total. The van der Waals surface area contributed by atoms with Crippen LogP contribution in [-0.4, -0.2) is 30.3 Å². The number of carbonyl (C=O) groups is 1. The number of nitrogens with zero attached hydrogens (tertiary/aromatic N) is 1. The van der Waals surface area contributed by atoms with Gasteiger partial charge in [-0.15, -0.1) is 0 Å². The van der Waals surface area contributed by atoms with E-state index in [2.05, 4.69) is 4.84 Å². The van der Waals surface area contributed by atoms with Crippen LogP contribution in [0.25, 0.3) is 0 Å². The smallest absolute Gasteiger partial charge is 0.266 e. The summed E-state index contributed by atoms with van der Waals surface area (Å²) in [6.07, 6.45) is -1.88. The summed E-state index contributed by atoms with van der Waals surface area (Å²) in [6, 6.07) is 0. The highest BCUT2D eigenvalue weighted by molar-refractivity contribution is 5.81. The van der Waals surface area contributed by atoms with E-state index < -0.39 is 12.1 Å². The van der Waals surface area contributed by atoms with Crippen LogP contribution < -0.4 is 0 Å². The summed E-state index contributed by atoms with van der Waals surface area (Å²) >= 11 is 0. The zero-order valence-corrected chi connectivity index (χ0v) is 5.97. The van der Waals surface area contributed by atoms with Gasteiger partial charge in [0.15, 0.2) is 0 Å². The summed E-state index contributed by atoms with van der Waals surface area (Å²) in [4.78, 5) is 14.9. The third-order valence-corrected chi connectivity index (χ3v) is 1.23. The van der Waals surface area contributed by atoms with Crippen molar-refractivity contribution in [2.75, 3.05) is 13.2 Å². The first-order valence-electron chi connectivity index (χ1n) is 3.18. The Bertz CT molecular complexity index is 211. The molecule has 1 heterocycles. The van der Waals surface area contributed by atoms with Crippen LogP contribution >= 0.6 is 0 Å². The second kappa shape index (κ2) is 3.14. The monoisotopic (exact) mass is 181 g/mol. The maximum atomic E-state index is 11.7. The number of hydrogen-bond donors (Lipinski definition) is 0. The molecule has 12 heavy (non-hydrogen) atoms. The zero-order chi connectivity index (χ0) is 9.19. The highest BCUT2D eigenvalue weighted by atomic mass is 19.4. The first-order valence-corrected chi connectivity index (χ1v) is 3.18. The van der Waals surface area contributed by atoms with Crippen molar-refractivity contribution >= 4 is 5.91 Å². The van der Waals surface area contributed by atoms with Crippen LogP contribution in [0.2, 0.25) is 0 Å². The third kappa shape index (κ3) is 1.97. The van der Waals surface area contributed by atoms with Gasteiger partial charge in [0.25, 0.3) is 0 Å². The molecule has 1 amide bonds. The van der Waals surface area contributed by atoms with Gasteiger partial charge in [-0.25, -0.2) is 5.06 Å². The zero-order valence-electron chi connectivity index (χ0n) is 5.97. The number of alkyl halides is 3. The van der Waals surface area contributed by atoms with Gasteiger partial charge in [0.2, 0.25) is 0 Å². The molecule has 3 nitrogen and oxygen atoms in total. The minimum Gasteiger partial charge on any atom is -0.266 e. The maximum absolute atomic E-state index is 11.7. The van der Waals surface area contributed by atoms with Gasteiger partial charge in [-0.05, 0) is 0 Å². The molecule has 0 spiro atoms. The Morgan fingerprint density at radius 1 is 1.42 bits per heavy atom. The van der Waals surface area contributed by atoms with Crippen molar-refractivity contribution in [3.63, 3.8) is 0 Å². The second-order valence-corrected chi connectivity index (χ2v) is 2.13. The fourth-order valence-corrected chi connectivity index (χ4v) is 0.707. The van der Waals surface area contributed by atoms with Crippen molar-refractivity contribution in [3.05, 3.63) is 12.2 Å². The number of hydroxylamine groups is 2. The first kappa shape index (κ1) is 9.05. The van der Waals surface area contributed by atoms with E-state index in [0.717, 1.165) is 0 Å². The lowest BCUT2D eigenvalue weighted by Crippen LogP contribution is -2.42. The van der Waals surface area contributed by atoms with Gasteiger partial charge < -0.3 is 0 Å². The predicted molar refractivity (Wildman–Crippen MR) is 32.9 cm³/mol. The molecule has 1 aliphatic rings. The van der Waals surface area contributed by atoms with Crippen molar-refractivity contribution in [1.82, 2.24) is 5.06 Å². The fourth-order valence-electron chi connectivity index (χ4n) is 0.707. The molecular weight excluding hydrogens is 175 g/mol. The molecule has 0 aromatic heterocycles. The predicted octanol–water partition coefficient (Wildman–Crippen LogP) is 0.879. The average molecular weight is 181 g/mol. The summed E-state index contributed by atoms with van der Waals surface area (Å²) in [5.74, 6) is -1.97. The molecule has 0 atom stereocenters. The summed E-state index contributed by atoms with van der Waals surface area (Å²) in [6.45, 7) is -0.153. The highest BCUT2D eigenvalue weighted by Crippen LogP contribution is 2.19. The Labute approximate surface area is 66.4 Å². The van der Waals surface area contributed by atoms with E-state index >= 15 is 0 Å². The largest absolute Gasteiger partial charge is 0.473 e. The molecule has 0 aliphatic carbocycles. The number of rotatable bonds is 0. The van der Waals surface area contributed by atoms with Gasteiger partial charge in [-0.3, -0.25) is 9.63 Å². The SMILES string of the molecule is O=C(N1CC=CCO1)C(F)(F)F. The van der Waals surface area contributed by atoms with Crippen molar-refractivity contribution in [1.29, 1.82) is 0 Å². The minimum atomic E-state index is -4.86. The van der Waals surface area contributed by atoms with Crippen LogP contribution in [0.1, 0.15) is 0 Å². The standard InChI is InChI=1S/C6H6F3NO2/c7-6(8,9)5(11)10-3-1-2-4-12-10/h1-2H,3-4H2. The van der Waals surface area contributed by atoms with Crippen LogP contribution in [0.5, 0.6) is 0 Å². The van der Waals surface area contributed by atoms with Crippen molar-refractivity contribution in [2.45, 2.75) is 6.18 Å². The van der Waals surface area contributed by atoms with E-state index in [1.54, 1.807) is 6.08 Å². The second-order valence-electron chi connectivity index (χ2n) is 2.13. The summed E-state index contributed by atoms with van der Waals surface area (Å²) in [7, 11) is 0. The van der Waals surface area contributed by atoms with Crippen LogP contribution in [0.3, 0.4) is 0 Å². The van der Waals surface area contributed by atoms with Crippen LogP contribution in [0.4, 0.5) is 13.2 Å². The quantitative estimate of drug-likeness (QED) is 0.519. The highest BCUT2D eigenvalue weighted by Gasteiger charge is 2.43. The van der Waals surface area contributed by atoms with Crippen LogP contribution in [0.15, 0.2) is 12.2 Å². The normalized spacial score (nSPS) is 18.1. The van der Waals surface area contributed by atoms with Gasteiger partial charge in [0.1, 0.15) is 0 Å². The van der Waals surface area contributed by atoms with Crippen molar-refractivity contribution < 1.29 is 22.8 Å². The molecule has 0 aromatic carbocycles. The first-order chi connectivity index (χ1) is 5.52. The summed E-state index contributed by atoms with van der Waals surface area (Å²) in [5.41, 5.74) is 0. The number of carbonyl (C=O) groups excluding carboxylic acids is 1. The molecule has 0 saturated carbocycles. The molecule has 1 aliphatic heterocycles. The van der Waals surface area contributed by atoms with Gasteiger partial charge in [-0.2, -0.15) is 13.2 Å². The molecule has 0 saturated heterocycles. The van der Waals surface area contributed by atoms with E-state index in [4.69, 9.17) is 0 Å². The van der Waals surface area contributed by atoms with Crippen LogP contribution in [0, 0.1) is 0 Å². The molecule has 0 fully saturated rings. The van der Waals surface area contributed by atoms with Gasteiger partial charge in [0, 0.05) is 0 Å². The lowest BCUT2D eigenvalue weighted by molar-refractivity contribution is -0.226. The topological polar surface area (TPSA) is 29.5 Å². The van der Waals surface area contributed by atoms with E-state index in [0.29, 0.717) is 5.06 Å². The number of amides is 1. The molecule has 0 unspecified atom stereocenters. The van der Waals surface area contributed by atoms with E-state index in [-0.39, 0.29) is 13.2 Å². The molecule has 0 aromatic rings. The van der Waals surface area contributed by atoms with Crippen LogP contribution in [-0.2, 0) is 9.63 Å². The minimum absolute atomic E-state index is 0.00181. The Morgan fingerprint density at radius 2 is 2.08 bits per heavy atom. The third-order valence-electron chi connectivity index (χ3n) is 1.23. The fraction of sp³-hybridized carbons (Fsp3) is 0.500. The van der Waals surface area contributed by atoms with E-state index in [1.807, 2.05) is 0 Å². The van der Waals surface area contributed by atoms with Gasteiger partial charge in [0.05, 0.1) is 13.2 Å². The molecule has 0 bridgehead atoms. The molecule has 6 heteroatoms. The summed E-state index contributed by atoms with van der Waals surface area (Å²) < 4.78 is 35.2. The van der Waals surface area contributed by atoms with Crippen molar-refractivity contribution in [3.8, 4) is 0 Å². The average Bonchev–Trinajstić information content (AvgIpc) is 2.03. The number of halogens is 3. The number of hydrogen-bond acceptors (Lipinski definition) is 2. The van der Waals surface area contributed by atoms with Gasteiger partial charge in [-0.1, -0.05) is 12.2 Å².